The predicted molar refractivity (Wildman–Crippen MR) is 106 cm³/mol. The molecule has 2 aliphatic heterocycles. The molecule has 3 atom stereocenters. The second kappa shape index (κ2) is 7.53. The number of benzene rings is 1. The van der Waals surface area contributed by atoms with Gasteiger partial charge in [0.15, 0.2) is 0 Å². The first-order valence-corrected chi connectivity index (χ1v) is 10.5. The average Bonchev–Trinajstić information content (AvgIpc) is 2.62. The number of hydrogen-bond donors (Lipinski definition) is 0. The van der Waals surface area contributed by atoms with Crippen LogP contribution in [0.5, 0.6) is 0 Å². The quantitative estimate of drug-likeness (QED) is 0.749. The van der Waals surface area contributed by atoms with Crippen LogP contribution in [0, 0.1) is 11.8 Å². The van der Waals surface area contributed by atoms with Crippen LogP contribution in [0.15, 0.2) is 30.0 Å². The summed E-state index contributed by atoms with van der Waals surface area (Å²) in [7, 11) is 0. The first kappa shape index (κ1) is 17.1. The van der Waals surface area contributed by atoms with Crippen LogP contribution in [0.2, 0.25) is 0 Å². The largest absolute Gasteiger partial charge is 0.371 e. The number of likely N-dealkylation sites (tertiary alicyclic amines) is 1. The zero-order valence-corrected chi connectivity index (χ0v) is 16.1. The summed E-state index contributed by atoms with van der Waals surface area (Å²) in [5, 5.41) is 0. The molecule has 1 saturated heterocycles. The molecule has 0 amide bonds. The Kier molecular flexibility index (Phi) is 5.17. The Hall–Kier alpha value is -1.28. The van der Waals surface area contributed by atoms with Gasteiger partial charge in [-0.3, -0.25) is 0 Å². The van der Waals surface area contributed by atoms with Gasteiger partial charge in [-0.15, -0.1) is 0 Å². The van der Waals surface area contributed by atoms with Crippen LogP contribution in [0.1, 0.15) is 63.5 Å². The molecular formula is C23H34N2. The van der Waals surface area contributed by atoms with Crippen LogP contribution in [0.3, 0.4) is 0 Å². The first-order chi connectivity index (χ1) is 12.2. The summed E-state index contributed by atoms with van der Waals surface area (Å²) >= 11 is 0. The van der Waals surface area contributed by atoms with Crippen molar-refractivity contribution in [2.75, 3.05) is 19.6 Å². The van der Waals surface area contributed by atoms with E-state index in [-0.39, 0.29) is 0 Å². The highest BCUT2D eigenvalue weighted by atomic mass is 15.2. The van der Waals surface area contributed by atoms with E-state index in [0.717, 1.165) is 24.4 Å². The van der Waals surface area contributed by atoms with Crippen molar-refractivity contribution in [2.24, 2.45) is 11.8 Å². The minimum atomic E-state index is 0.790. The van der Waals surface area contributed by atoms with E-state index in [1.165, 1.54) is 75.0 Å². The zero-order valence-electron chi connectivity index (χ0n) is 16.1. The molecule has 1 aromatic carbocycles. The van der Waals surface area contributed by atoms with Crippen LogP contribution >= 0.6 is 0 Å². The number of nitrogens with zero attached hydrogens (tertiary/aromatic N) is 2. The molecule has 2 fully saturated rings. The van der Waals surface area contributed by atoms with Crippen molar-refractivity contribution >= 4 is 6.08 Å². The number of allylic oxidation sites excluding steroid dienone is 1. The van der Waals surface area contributed by atoms with E-state index < -0.39 is 0 Å². The number of piperidine rings is 1. The molecule has 0 aromatic heterocycles. The topological polar surface area (TPSA) is 6.48 Å². The second-order valence-corrected chi connectivity index (χ2v) is 8.64. The van der Waals surface area contributed by atoms with Crippen molar-refractivity contribution in [3.63, 3.8) is 0 Å². The Bertz CT molecular complexity index is 620. The van der Waals surface area contributed by atoms with Crippen LogP contribution < -0.4 is 0 Å². The standard InChI is InChI=1S/C23H34N2/c1-18-14-20-8-3-5-10-22(20)16-24(18)12-7-13-25-17-23-11-6-4-9-21(23)15-19(25)2/h3,5,8,10,14,19,21,23H,4,6-7,9,11-13,15-17H2,1-2H3. The summed E-state index contributed by atoms with van der Waals surface area (Å²) in [6.07, 6.45) is 11.0. The van der Waals surface area contributed by atoms with E-state index in [2.05, 4.69) is 54.0 Å². The molecule has 0 N–H and O–H groups in total. The SMILES string of the molecule is CC1=Cc2ccccc2CN1CCCN1CC2CCCCC2CC1C. The van der Waals surface area contributed by atoms with Crippen LogP contribution in [0.4, 0.5) is 0 Å². The van der Waals surface area contributed by atoms with E-state index in [1.54, 1.807) is 0 Å². The minimum Gasteiger partial charge on any atom is -0.371 e. The van der Waals surface area contributed by atoms with Crippen molar-refractivity contribution in [1.29, 1.82) is 0 Å². The number of hydrogen-bond acceptors (Lipinski definition) is 2. The van der Waals surface area contributed by atoms with Gasteiger partial charge in [0.1, 0.15) is 0 Å². The molecule has 1 aromatic rings. The molecule has 25 heavy (non-hydrogen) atoms. The average molecular weight is 339 g/mol. The van der Waals surface area contributed by atoms with Gasteiger partial charge in [0.05, 0.1) is 0 Å². The maximum atomic E-state index is 2.80. The highest BCUT2D eigenvalue weighted by molar-refractivity contribution is 5.58. The maximum Gasteiger partial charge on any atom is 0.0432 e. The molecule has 0 spiro atoms. The molecule has 136 valence electrons. The molecule has 1 saturated carbocycles. The monoisotopic (exact) mass is 338 g/mol. The molecule has 1 aliphatic carbocycles. The lowest BCUT2D eigenvalue weighted by atomic mass is 9.73. The normalized spacial score (nSPS) is 29.8. The third-order valence-electron chi connectivity index (χ3n) is 6.96. The van der Waals surface area contributed by atoms with Gasteiger partial charge in [0.25, 0.3) is 0 Å². The van der Waals surface area contributed by atoms with Crippen LogP contribution in [-0.4, -0.2) is 35.5 Å². The Labute approximate surface area is 153 Å². The van der Waals surface area contributed by atoms with Crippen molar-refractivity contribution in [2.45, 2.75) is 65.0 Å². The lowest BCUT2D eigenvalue weighted by Crippen LogP contribution is -2.47. The molecular weight excluding hydrogens is 304 g/mol. The van der Waals surface area contributed by atoms with Crippen molar-refractivity contribution in [3.05, 3.63) is 41.1 Å². The van der Waals surface area contributed by atoms with Gasteiger partial charge in [0, 0.05) is 37.9 Å². The minimum absolute atomic E-state index is 0.790. The predicted octanol–water partition coefficient (Wildman–Crippen LogP) is 5.15. The third kappa shape index (κ3) is 3.79. The van der Waals surface area contributed by atoms with Gasteiger partial charge in [-0.1, -0.05) is 43.5 Å². The second-order valence-electron chi connectivity index (χ2n) is 8.64. The number of fused-ring (bicyclic) bond motifs is 2. The van der Waals surface area contributed by atoms with Crippen molar-refractivity contribution in [1.82, 2.24) is 9.80 Å². The Morgan fingerprint density at radius 3 is 2.72 bits per heavy atom. The van der Waals surface area contributed by atoms with Crippen LogP contribution in [-0.2, 0) is 6.54 Å². The molecule has 2 heterocycles. The molecule has 0 radical (unpaired) electrons. The summed E-state index contributed by atoms with van der Waals surface area (Å²) in [6, 6.07) is 9.63. The van der Waals surface area contributed by atoms with Crippen LogP contribution in [0.25, 0.3) is 6.08 Å². The molecule has 0 bridgehead atoms. The van der Waals surface area contributed by atoms with E-state index in [0.29, 0.717) is 0 Å². The molecule has 3 aliphatic rings. The van der Waals surface area contributed by atoms with Gasteiger partial charge < -0.3 is 9.80 Å². The summed E-state index contributed by atoms with van der Waals surface area (Å²) < 4.78 is 0. The summed E-state index contributed by atoms with van der Waals surface area (Å²) in [5.41, 5.74) is 4.31. The first-order valence-electron chi connectivity index (χ1n) is 10.5. The van der Waals surface area contributed by atoms with E-state index >= 15 is 0 Å². The fraction of sp³-hybridized carbons (Fsp3) is 0.652. The zero-order chi connectivity index (χ0) is 17.2. The molecule has 3 unspecified atom stereocenters. The fourth-order valence-corrected chi connectivity index (χ4v) is 5.40. The third-order valence-corrected chi connectivity index (χ3v) is 6.96. The van der Waals surface area contributed by atoms with Gasteiger partial charge in [-0.05, 0) is 62.1 Å². The van der Waals surface area contributed by atoms with E-state index in [4.69, 9.17) is 0 Å². The highest BCUT2D eigenvalue weighted by Gasteiger charge is 2.34. The van der Waals surface area contributed by atoms with Crippen molar-refractivity contribution < 1.29 is 0 Å². The molecule has 4 rings (SSSR count). The lowest BCUT2D eigenvalue weighted by molar-refractivity contribution is 0.0440. The van der Waals surface area contributed by atoms with E-state index in [9.17, 15) is 0 Å². The van der Waals surface area contributed by atoms with Gasteiger partial charge in [0.2, 0.25) is 0 Å². The Balaban J connectivity index is 1.29. The van der Waals surface area contributed by atoms with Gasteiger partial charge in [-0.2, -0.15) is 0 Å². The fourth-order valence-electron chi connectivity index (χ4n) is 5.40. The smallest absolute Gasteiger partial charge is 0.0432 e. The van der Waals surface area contributed by atoms with Gasteiger partial charge in [-0.25, -0.2) is 0 Å². The number of rotatable bonds is 4. The summed E-state index contributed by atoms with van der Waals surface area (Å²) in [6.45, 7) is 9.64. The Morgan fingerprint density at radius 1 is 1.04 bits per heavy atom. The molecule has 2 nitrogen and oxygen atoms in total. The molecule has 2 heteroatoms. The van der Waals surface area contributed by atoms with Crippen molar-refractivity contribution in [3.8, 4) is 0 Å². The van der Waals surface area contributed by atoms with Gasteiger partial charge >= 0.3 is 0 Å². The maximum absolute atomic E-state index is 2.80. The Morgan fingerprint density at radius 2 is 1.84 bits per heavy atom. The van der Waals surface area contributed by atoms with E-state index in [1.807, 2.05) is 0 Å². The lowest BCUT2D eigenvalue weighted by Gasteiger charge is -2.45. The summed E-state index contributed by atoms with van der Waals surface area (Å²) in [5.74, 6) is 2.03. The summed E-state index contributed by atoms with van der Waals surface area (Å²) in [4.78, 5) is 5.36. The highest BCUT2D eigenvalue weighted by Crippen LogP contribution is 2.38.